The number of hydrogen-bond donors (Lipinski definition) is 0. The number of benzene rings is 3. The molecule has 0 saturated heterocycles. The van der Waals surface area contributed by atoms with Crippen molar-refractivity contribution in [2.24, 2.45) is 5.92 Å². The van der Waals surface area contributed by atoms with E-state index in [1.807, 2.05) is 0 Å². The lowest BCUT2D eigenvalue weighted by Gasteiger charge is -2.13. The summed E-state index contributed by atoms with van der Waals surface area (Å²) in [7, 11) is 0. The Balaban J connectivity index is 1.65. The Morgan fingerprint density at radius 2 is 1.48 bits per heavy atom. The quantitative estimate of drug-likeness (QED) is 0.395. The van der Waals surface area contributed by atoms with Gasteiger partial charge in [-0.2, -0.15) is 0 Å². The van der Waals surface area contributed by atoms with E-state index in [-0.39, 0.29) is 0 Å². The number of aromatic nitrogens is 2. The fraction of sp³-hybridized carbons (Fsp3) is 0.240. The summed E-state index contributed by atoms with van der Waals surface area (Å²) >= 11 is 0. The smallest absolute Gasteiger partial charge is 0.110 e. The third-order valence-electron chi connectivity index (χ3n) is 5.36. The van der Waals surface area contributed by atoms with Crippen LogP contribution in [0.5, 0.6) is 0 Å². The molecule has 0 aliphatic rings. The highest BCUT2D eigenvalue weighted by Gasteiger charge is 2.13. The Labute approximate surface area is 161 Å². The molecule has 4 rings (SSSR count). The molecule has 1 heterocycles. The number of fused-ring (bicyclic) bond motifs is 1. The van der Waals surface area contributed by atoms with Gasteiger partial charge in [0.2, 0.25) is 0 Å². The maximum atomic E-state index is 4.92. The van der Waals surface area contributed by atoms with E-state index in [1.165, 1.54) is 34.5 Å². The molecule has 1 unspecified atom stereocenters. The molecule has 3 aromatic carbocycles. The van der Waals surface area contributed by atoms with Gasteiger partial charge in [0.1, 0.15) is 5.82 Å². The molecule has 0 aliphatic heterocycles. The van der Waals surface area contributed by atoms with E-state index < -0.39 is 0 Å². The zero-order valence-corrected chi connectivity index (χ0v) is 16.1. The van der Waals surface area contributed by atoms with Crippen LogP contribution in [0.4, 0.5) is 0 Å². The van der Waals surface area contributed by atoms with Crippen LogP contribution in [0.15, 0.2) is 78.9 Å². The topological polar surface area (TPSA) is 17.8 Å². The molecule has 0 amide bonds. The third-order valence-corrected chi connectivity index (χ3v) is 5.36. The van der Waals surface area contributed by atoms with Gasteiger partial charge in [0.25, 0.3) is 0 Å². The first-order chi connectivity index (χ1) is 13.2. The van der Waals surface area contributed by atoms with Crippen molar-refractivity contribution in [3.8, 4) is 11.1 Å². The van der Waals surface area contributed by atoms with Crippen molar-refractivity contribution >= 4 is 11.0 Å². The number of nitrogens with zero attached hydrogens (tertiary/aromatic N) is 2. The van der Waals surface area contributed by atoms with Crippen LogP contribution in [0.1, 0.15) is 31.7 Å². The minimum atomic E-state index is 0.640. The van der Waals surface area contributed by atoms with Crippen LogP contribution in [0.25, 0.3) is 22.2 Å². The van der Waals surface area contributed by atoms with Gasteiger partial charge in [-0.3, -0.25) is 0 Å². The molecule has 0 fully saturated rings. The summed E-state index contributed by atoms with van der Waals surface area (Å²) in [6, 6.07) is 27.9. The number of para-hydroxylation sites is 2. The van der Waals surface area contributed by atoms with Crippen LogP contribution in [-0.4, -0.2) is 9.55 Å². The van der Waals surface area contributed by atoms with E-state index >= 15 is 0 Å². The van der Waals surface area contributed by atoms with E-state index in [4.69, 9.17) is 4.98 Å². The van der Waals surface area contributed by atoms with Crippen molar-refractivity contribution in [1.29, 1.82) is 0 Å². The van der Waals surface area contributed by atoms with E-state index in [2.05, 4.69) is 97.3 Å². The summed E-state index contributed by atoms with van der Waals surface area (Å²) in [5.41, 5.74) is 6.15. The first-order valence-electron chi connectivity index (χ1n) is 9.83. The number of hydrogen-bond acceptors (Lipinski definition) is 1. The van der Waals surface area contributed by atoms with Gasteiger partial charge < -0.3 is 4.57 Å². The van der Waals surface area contributed by atoms with Crippen LogP contribution < -0.4 is 0 Å². The molecule has 0 N–H and O–H groups in total. The molecule has 0 radical (unpaired) electrons. The van der Waals surface area contributed by atoms with Gasteiger partial charge in [-0.05, 0) is 34.7 Å². The predicted octanol–water partition coefficient (Wildman–Crippen LogP) is 6.34. The van der Waals surface area contributed by atoms with Crippen molar-refractivity contribution in [1.82, 2.24) is 9.55 Å². The second-order valence-electron chi connectivity index (χ2n) is 7.38. The Hall–Kier alpha value is -2.87. The van der Waals surface area contributed by atoms with Gasteiger partial charge >= 0.3 is 0 Å². The second-order valence-corrected chi connectivity index (χ2v) is 7.38. The van der Waals surface area contributed by atoms with Crippen molar-refractivity contribution < 1.29 is 0 Å². The maximum absolute atomic E-state index is 4.92. The first kappa shape index (κ1) is 17.5. The van der Waals surface area contributed by atoms with Gasteiger partial charge in [-0.25, -0.2) is 4.98 Å². The average molecular weight is 354 g/mol. The van der Waals surface area contributed by atoms with Crippen LogP contribution in [-0.2, 0) is 13.0 Å². The molecule has 136 valence electrons. The highest BCUT2D eigenvalue weighted by molar-refractivity contribution is 5.76. The molecule has 1 atom stereocenters. The molecule has 0 saturated carbocycles. The molecular weight excluding hydrogens is 328 g/mol. The Kier molecular flexibility index (Phi) is 5.06. The molecule has 2 heteroatoms. The lowest BCUT2D eigenvalue weighted by molar-refractivity contribution is 0.530. The normalized spacial score (nSPS) is 12.4. The summed E-state index contributed by atoms with van der Waals surface area (Å²) in [5, 5.41) is 0. The highest BCUT2D eigenvalue weighted by Crippen LogP contribution is 2.23. The van der Waals surface area contributed by atoms with Gasteiger partial charge in [-0.15, -0.1) is 0 Å². The van der Waals surface area contributed by atoms with Gasteiger partial charge in [-0.1, -0.05) is 87.0 Å². The number of imidazole rings is 1. The molecule has 0 bridgehead atoms. The highest BCUT2D eigenvalue weighted by atomic mass is 15.1. The molecule has 4 aromatic rings. The summed E-state index contributed by atoms with van der Waals surface area (Å²) in [5.74, 6) is 1.83. The second kappa shape index (κ2) is 7.79. The van der Waals surface area contributed by atoms with Crippen molar-refractivity contribution in [3.05, 3.63) is 90.3 Å². The van der Waals surface area contributed by atoms with Crippen LogP contribution in [0.2, 0.25) is 0 Å². The van der Waals surface area contributed by atoms with Crippen LogP contribution >= 0.6 is 0 Å². The largest absolute Gasteiger partial charge is 0.323 e. The Bertz CT molecular complexity index is 1010. The standard InChI is InChI=1S/C25H26N2/c1-3-19(2)17-25-26-23-11-7-8-12-24(23)27(25)18-20-13-15-22(16-14-20)21-9-5-4-6-10-21/h4-16,19H,3,17-18H2,1-2H3. The molecule has 0 spiro atoms. The zero-order chi connectivity index (χ0) is 18.6. The zero-order valence-electron chi connectivity index (χ0n) is 16.1. The van der Waals surface area contributed by atoms with Crippen LogP contribution in [0, 0.1) is 5.92 Å². The molecule has 27 heavy (non-hydrogen) atoms. The Morgan fingerprint density at radius 1 is 0.815 bits per heavy atom. The fourth-order valence-electron chi connectivity index (χ4n) is 3.53. The van der Waals surface area contributed by atoms with E-state index in [0.29, 0.717) is 5.92 Å². The third kappa shape index (κ3) is 3.80. The molecule has 2 nitrogen and oxygen atoms in total. The van der Waals surface area contributed by atoms with Gasteiger partial charge in [0, 0.05) is 13.0 Å². The summed E-state index contributed by atoms with van der Waals surface area (Å²) in [4.78, 5) is 4.92. The van der Waals surface area contributed by atoms with Crippen LogP contribution in [0.3, 0.4) is 0 Å². The minimum Gasteiger partial charge on any atom is -0.323 e. The fourth-order valence-corrected chi connectivity index (χ4v) is 3.53. The van der Waals surface area contributed by atoms with Crippen molar-refractivity contribution in [2.45, 2.75) is 33.2 Å². The minimum absolute atomic E-state index is 0.640. The Morgan fingerprint density at radius 3 is 2.22 bits per heavy atom. The average Bonchev–Trinajstić information content (AvgIpc) is 3.06. The monoisotopic (exact) mass is 354 g/mol. The predicted molar refractivity (Wildman–Crippen MR) is 114 cm³/mol. The van der Waals surface area contributed by atoms with Crippen molar-refractivity contribution in [3.63, 3.8) is 0 Å². The lowest BCUT2D eigenvalue weighted by atomic mass is 10.0. The molecule has 0 aliphatic carbocycles. The summed E-state index contributed by atoms with van der Waals surface area (Å²) < 4.78 is 2.39. The molecule has 1 aromatic heterocycles. The van der Waals surface area contributed by atoms with Crippen molar-refractivity contribution in [2.75, 3.05) is 0 Å². The van der Waals surface area contributed by atoms with E-state index in [1.54, 1.807) is 0 Å². The SMILES string of the molecule is CCC(C)Cc1nc2ccccc2n1Cc1ccc(-c2ccccc2)cc1. The van der Waals surface area contributed by atoms with Gasteiger partial charge in [0.15, 0.2) is 0 Å². The van der Waals surface area contributed by atoms with E-state index in [0.717, 1.165) is 18.5 Å². The number of rotatable bonds is 6. The van der Waals surface area contributed by atoms with E-state index in [9.17, 15) is 0 Å². The lowest BCUT2D eigenvalue weighted by Crippen LogP contribution is -2.09. The summed E-state index contributed by atoms with van der Waals surface area (Å²) in [6.45, 7) is 5.42. The summed E-state index contributed by atoms with van der Waals surface area (Å²) in [6.07, 6.45) is 2.20. The maximum Gasteiger partial charge on any atom is 0.110 e. The van der Waals surface area contributed by atoms with Gasteiger partial charge in [0.05, 0.1) is 11.0 Å². The molecular formula is C25H26N2. The first-order valence-corrected chi connectivity index (χ1v) is 9.83.